The van der Waals surface area contributed by atoms with Crippen molar-refractivity contribution in [3.05, 3.63) is 22.2 Å². The number of carbonyl (C=O) groups is 1. The lowest BCUT2D eigenvalue weighted by Crippen LogP contribution is -2.32. The zero-order valence-corrected chi connectivity index (χ0v) is 9.43. The van der Waals surface area contributed by atoms with Gasteiger partial charge >= 0.3 is 0 Å². The maximum Gasteiger partial charge on any atom is 0.276 e. The van der Waals surface area contributed by atoms with Crippen molar-refractivity contribution in [1.82, 2.24) is 4.98 Å². The fourth-order valence-electron chi connectivity index (χ4n) is 1.12. The summed E-state index contributed by atoms with van der Waals surface area (Å²) in [4.78, 5) is 25.0. The van der Waals surface area contributed by atoms with E-state index in [1.54, 1.807) is 14.0 Å². The number of amides is 1. The first-order valence-electron chi connectivity index (χ1n) is 4.84. The minimum atomic E-state index is -0.658. The van der Waals surface area contributed by atoms with E-state index in [-0.39, 0.29) is 11.5 Å². The van der Waals surface area contributed by atoms with Gasteiger partial charge in [-0.05, 0) is 6.92 Å². The Bertz CT molecular complexity index is 448. The maximum absolute atomic E-state index is 10.9. The third-order valence-corrected chi connectivity index (χ3v) is 2.07. The second-order valence-corrected chi connectivity index (χ2v) is 3.37. The largest absolute Gasteiger partial charge is 0.373 e. The number of rotatable bonds is 5. The van der Waals surface area contributed by atoms with Gasteiger partial charge in [-0.2, -0.15) is 0 Å². The highest BCUT2D eigenvalue weighted by Crippen LogP contribution is 2.20. The summed E-state index contributed by atoms with van der Waals surface area (Å²) in [5, 5.41) is 16.0. The van der Waals surface area contributed by atoms with Crippen LogP contribution in [0.1, 0.15) is 6.92 Å². The molecule has 0 fully saturated rings. The number of hydrogen-bond donors (Lipinski definition) is 3. The quantitative estimate of drug-likeness (QED) is 0.502. The number of anilines is 2. The number of carbonyl (C=O) groups excluding carboxylic acids is 1. The molecule has 1 amide bonds. The van der Waals surface area contributed by atoms with Gasteiger partial charge in [-0.25, -0.2) is 4.98 Å². The van der Waals surface area contributed by atoms with Gasteiger partial charge in [-0.3, -0.25) is 14.9 Å². The van der Waals surface area contributed by atoms with Gasteiger partial charge in [-0.1, -0.05) is 0 Å². The van der Waals surface area contributed by atoms with E-state index < -0.39 is 16.9 Å². The summed E-state index contributed by atoms with van der Waals surface area (Å²) in [6.45, 7) is 1.54. The smallest absolute Gasteiger partial charge is 0.276 e. The molecular formula is C9H13N5O3. The van der Waals surface area contributed by atoms with Crippen molar-refractivity contribution in [2.45, 2.75) is 13.0 Å². The molecule has 4 N–H and O–H groups in total. The van der Waals surface area contributed by atoms with Crippen molar-refractivity contribution in [3.63, 3.8) is 0 Å². The third kappa shape index (κ3) is 3.30. The molecule has 0 aliphatic heterocycles. The maximum atomic E-state index is 10.9. The number of nitrogens with two attached hydrogens (primary N) is 1. The number of pyridine rings is 1. The Hall–Kier alpha value is -2.38. The average Bonchev–Trinajstić information content (AvgIpc) is 2.28. The van der Waals surface area contributed by atoms with Crippen molar-refractivity contribution < 1.29 is 9.72 Å². The Balaban J connectivity index is 3.02. The number of nitrogens with one attached hydrogen (secondary N) is 2. The van der Waals surface area contributed by atoms with Gasteiger partial charge < -0.3 is 16.4 Å². The lowest BCUT2D eigenvalue weighted by atomic mass is 10.3. The highest BCUT2D eigenvalue weighted by atomic mass is 16.6. The molecule has 1 aromatic heterocycles. The summed E-state index contributed by atoms with van der Waals surface area (Å²) in [6.07, 6.45) is 0. The number of hydrogen-bond acceptors (Lipinski definition) is 6. The molecule has 0 radical (unpaired) electrons. The summed E-state index contributed by atoms with van der Waals surface area (Å²) in [6, 6.07) is 1.87. The summed E-state index contributed by atoms with van der Waals surface area (Å²) in [5.41, 5.74) is 4.95. The first-order valence-corrected chi connectivity index (χ1v) is 4.84. The molecule has 1 heterocycles. The van der Waals surface area contributed by atoms with Crippen molar-refractivity contribution >= 4 is 23.2 Å². The number of primary amides is 1. The molecule has 1 aromatic rings. The van der Waals surface area contributed by atoms with E-state index in [1.807, 2.05) is 0 Å². The summed E-state index contributed by atoms with van der Waals surface area (Å²) in [7, 11) is 1.59. The van der Waals surface area contributed by atoms with Crippen molar-refractivity contribution in [3.8, 4) is 0 Å². The molecule has 0 spiro atoms. The monoisotopic (exact) mass is 239 g/mol. The molecular weight excluding hydrogens is 226 g/mol. The molecule has 0 saturated carbocycles. The predicted molar refractivity (Wildman–Crippen MR) is 62.7 cm³/mol. The predicted octanol–water partition coefficient (Wildman–Crippen LogP) is 0.317. The molecule has 0 saturated heterocycles. The molecule has 17 heavy (non-hydrogen) atoms. The van der Waals surface area contributed by atoms with Gasteiger partial charge in [0, 0.05) is 7.05 Å². The third-order valence-electron chi connectivity index (χ3n) is 2.07. The Morgan fingerprint density at radius 2 is 2.12 bits per heavy atom. The average molecular weight is 239 g/mol. The van der Waals surface area contributed by atoms with Crippen molar-refractivity contribution in [2.24, 2.45) is 5.73 Å². The highest BCUT2D eigenvalue weighted by molar-refractivity contribution is 5.82. The van der Waals surface area contributed by atoms with Crippen LogP contribution >= 0.6 is 0 Å². The van der Waals surface area contributed by atoms with Crippen molar-refractivity contribution in [1.29, 1.82) is 0 Å². The lowest BCUT2D eigenvalue weighted by Gasteiger charge is -2.11. The van der Waals surface area contributed by atoms with Crippen molar-refractivity contribution in [2.75, 3.05) is 17.7 Å². The zero-order chi connectivity index (χ0) is 13.0. The Labute approximate surface area is 97.4 Å². The minimum Gasteiger partial charge on any atom is -0.373 e. The van der Waals surface area contributed by atoms with Crippen LogP contribution < -0.4 is 16.4 Å². The standard InChI is InChI=1S/C9H13N5O3/c1-5(9(10)15)12-8-4-6(14(16)17)3-7(11-2)13-8/h3-5H,1-2H3,(H2,10,15)(H2,11,12,13). The molecule has 0 bridgehead atoms. The van der Waals surface area contributed by atoms with E-state index in [2.05, 4.69) is 15.6 Å². The first kappa shape index (κ1) is 12.7. The SMILES string of the molecule is CNc1cc([N+](=O)[O-])cc(NC(C)C(N)=O)n1. The molecule has 1 atom stereocenters. The van der Waals surface area contributed by atoms with E-state index in [0.717, 1.165) is 0 Å². The Kier molecular flexibility index (Phi) is 3.81. The fourth-order valence-corrected chi connectivity index (χ4v) is 1.12. The van der Waals surface area contributed by atoms with E-state index in [9.17, 15) is 14.9 Å². The molecule has 0 aromatic carbocycles. The second kappa shape index (κ2) is 5.10. The molecule has 1 unspecified atom stereocenters. The fraction of sp³-hybridized carbons (Fsp3) is 0.333. The number of aromatic nitrogens is 1. The van der Waals surface area contributed by atoms with Crippen LogP contribution in [0.4, 0.5) is 17.3 Å². The molecule has 92 valence electrons. The van der Waals surface area contributed by atoms with Gasteiger partial charge in [0.1, 0.15) is 17.7 Å². The van der Waals surface area contributed by atoms with Crippen LogP contribution in [0, 0.1) is 10.1 Å². The normalized spacial score (nSPS) is 11.6. The van der Waals surface area contributed by atoms with E-state index in [0.29, 0.717) is 5.82 Å². The molecule has 0 aliphatic carbocycles. The molecule has 8 heteroatoms. The van der Waals surface area contributed by atoms with Gasteiger partial charge in [0.05, 0.1) is 17.1 Å². The van der Waals surface area contributed by atoms with Crippen LogP contribution in [-0.2, 0) is 4.79 Å². The van der Waals surface area contributed by atoms with Crippen LogP contribution in [0.3, 0.4) is 0 Å². The molecule has 8 nitrogen and oxygen atoms in total. The molecule has 0 aliphatic rings. The molecule has 1 rings (SSSR count). The summed E-state index contributed by atoms with van der Waals surface area (Å²) in [5.74, 6) is -0.0162. The van der Waals surface area contributed by atoms with Gasteiger partial charge in [0.15, 0.2) is 0 Å². The Morgan fingerprint density at radius 1 is 1.53 bits per heavy atom. The second-order valence-electron chi connectivity index (χ2n) is 3.37. The first-order chi connectivity index (χ1) is 7.93. The summed E-state index contributed by atoms with van der Waals surface area (Å²) >= 11 is 0. The summed E-state index contributed by atoms with van der Waals surface area (Å²) < 4.78 is 0. The highest BCUT2D eigenvalue weighted by Gasteiger charge is 2.14. The zero-order valence-electron chi connectivity index (χ0n) is 9.43. The van der Waals surface area contributed by atoms with Crippen LogP contribution in [0.15, 0.2) is 12.1 Å². The minimum absolute atomic E-state index is 0.122. The van der Waals surface area contributed by atoms with E-state index in [4.69, 9.17) is 5.73 Å². The van der Waals surface area contributed by atoms with Gasteiger partial charge in [0.2, 0.25) is 5.91 Å². The topological polar surface area (TPSA) is 123 Å². The van der Waals surface area contributed by atoms with Crippen LogP contribution in [-0.4, -0.2) is 28.9 Å². The van der Waals surface area contributed by atoms with E-state index >= 15 is 0 Å². The van der Waals surface area contributed by atoms with Crippen LogP contribution in [0.25, 0.3) is 0 Å². The van der Waals surface area contributed by atoms with Gasteiger partial charge in [0.25, 0.3) is 5.69 Å². The number of nitrogens with zero attached hydrogens (tertiary/aromatic N) is 2. The van der Waals surface area contributed by atoms with E-state index in [1.165, 1.54) is 12.1 Å². The number of nitro groups is 1. The van der Waals surface area contributed by atoms with Gasteiger partial charge in [-0.15, -0.1) is 0 Å². The van der Waals surface area contributed by atoms with Crippen LogP contribution in [0.5, 0.6) is 0 Å². The Morgan fingerprint density at radius 3 is 2.59 bits per heavy atom. The lowest BCUT2D eigenvalue weighted by molar-refractivity contribution is -0.384. The van der Waals surface area contributed by atoms with Crippen LogP contribution in [0.2, 0.25) is 0 Å².